The van der Waals surface area contributed by atoms with Gasteiger partial charge < -0.3 is 28.8 Å². The van der Waals surface area contributed by atoms with Crippen molar-refractivity contribution >= 4 is 11.9 Å². The Balaban J connectivity index is 1.45. The molecular formula is C38H47FN2O7. The van der Waals surface area contributed by atoms with E-state index in [0.717, 1.165) is 12.8 Å². The lowest BCUT2D eigenvalue weighted by Gasteiger charge is -2.38. The molecule has 1 heterocycles. The van der Waals surface area contributed by atoms with Gasteiger partial charge >= 0.3 is 5.97 Å². The van der Waals surface area contributed by atoms with Crippen molar-refractivity contribution in [3.05, 3.63) is 75.5 Å². The van der Waals surface area contributed by atoms with E-state index >= 15 is 0 Å². The maximum absolute atomic E-state index is 14.1. The second-order valence-corrected chi connectivity index (χ2v) is 14.1. The monoisotopic (exact) mass is 662 g/mol. The predicted molar refractivity (Wildman–Crippen MR) is 181 cm³/mol. The van der Waals surface area contributed by atoms with E-state index in [0.29, 0.717) is 70.7 Å². The molecule has 3 aromatic rings. The molecule has 2 aromatic carbocycles. The summed E-state index contributed by atoms with van der Waals surface area (Å²) in [6.45, 7) is 10.8. The fourth-order valence-corrected chi connectivity index (χ4v) is 6.41. The molecule has 0 aliphatic heterocycles. The van der Waals surface area contributed by atoms with Crippen LogP contribution in [-0.2, 0) is 27.0 Å². The average Bonchev–Trinajstić information content (AvgIpc) is 3.77. The van der Waals surface area contributed by atoms with Crippen LogP contribution in [0.25, 0.3) is 11.1 Å². The fourth-order valence-electron chi connectivity index (χ4n) is 6.41. The number of halogens is 1. The smallest absolute Gasteiger partial charge is 0.325 e. The lowest BCUT2D eigenvalue weighted by Crippen LogP contribution is -2.48. The average molecular weight is 663 g/mol. The minimum Gasteiger partial charge on any atom is -0.490 e. The number of hydrogen-bond acceptors (Lipinski definition) is 7. The molecule has 1 amide bonds. The number of aliphatic hydroxyl groups is 1. The first-order valence-electron chi connectivity index (χ1n) is 16.8. The normalized spacial score (nSPS) is 18.6. The van der Waals surface area contributed by atoms with Crippen LogP contribution in [0.4, 0.5) is 4.39 Å². The molecule has 5 rings (SSSR count). The molecule has 10 heteroatoms. The first kappa shape index (κ1) is 35.1. The number of esters is 1. The van der Waals surface area contributed by atoms with Crippen LogP contribution in [-0.4, -0.2) is 51.7 Å². The van der Waals surface area contributed by atoms with Crippen molar-refractivity contribution in [1.82, 2.24) is 9.47 Å². The number of ether oxygens (including phenoxy) is 3. The zero-order valence-corrected chi connectivity index (χ0v) is 29.0. The molecule has 2 saturated carbocycles. The number of carbonyl (C=O) groups is 2. The first-order chi connectivity index (χ1) is 22.6. The number of aryl methyl sites for hydroxylation is 3. The number of nitrogens with zero attached hydrogens (tertiary/aromatic N) is 2. The summed E-state index contributed by atoms with van der Waals surface area (Å²) in [6, 6.07) is 9.54. The molecule has 1 N–H and O–H groups in total. The SMILES string of the molecule is CCOC(=O)CN(C(=O)C1(C)CC1)[C@H]1CC[C@H](Oc2cc(=O)n(C)cc2-c2cc(C(C)(C)O)ccc2Oc2c(C)cc(F)cc2C)CC1. The summed E-state index contributed by atoms with van der Waals surface area (Å²) in [5, 5.41) is 10.9. The highest BCUT2D eigenvalue weighted by molar-refractivity contribution is 5.88. The van der Waals surface area contributed by atoms with E-state index < -0.39 is 17.0 Å². The van der Waals surface area contributed by atoms with E-state index in [4.69, 9.17) is 14.2 Å². The summed E-state index contributed by atoms with van der Waals surface area (Å²) >= 11 is 0. The Labute approximate surface area is 281 Å². The Hall–Kier alpha value is -4.18. The van der Waals surface area contributed by atoms with Crippen LogP contribution in [0, 0.1) is 25.1 Å². The van der Waals surface area contributed by atoms with Crippen LogP contribution in [0.5, 0.6) is 17.2 Å². The van der Waals surface area contributed by atoms with E-state index in [1.54, 1.807) is 64.9 Å². The van der Waals surface area contributed by atoms with Gasteiger partial charge in [-0.3, -0.25) is 14.4 Å². The molecule has 0 atom stereocenters. The summed E-state index contributed by atoms with van der Waals surface area (Å²) in [4.78, 5) is 40.5. The lowest BCUT2D eigenvalue weighted by atomic mass is 9.90. The molecule has 258 valence electrons. The largest absolute Gasteiger partial charge is 0.490 e. The quantitative estimate of drug-likeness (QED) is 0.228. The van der Waals surface area contributed by atoms with Crippen molar-refractivity contribution in [3.63, 3.8) is 0 Å². The molecule has 2 aliphatic carbocycles. The van der Waals surface area contributed by atoms with E-state index in [1.807, 2.05) is 13.0 Å². The highest BCUT2D eigenvalue weighted by Gasteiger charge is 2.49. The Morgan fingerprint density at radius 1 is 1.02 bits per heavy atom. The molecule has 0 unspecified atom stereocenters. The Kier molecular flexibility index (Phi) is 10.1. The van der Waals surface area contributed by atoms with Gasteiger partial charge in [0.25, 0.3) is 5.56 Å². The molecular weight excluding hydrogens is 615 g/mol. The number of pyridine rings is 1. The van der Waals surface area contributed by atoms with Crippen LogP contribution in [0.2, 0.25) is 0 Å². The van der Waals surface area contributed by atoms with Gasteiger partial charge in [0.2, 0.25) is 5.91 Å². The zero-order valence-electron chi connectivity index (χ0n) is 29.0. The van der Waals surface area contributed by atoms with Crippen molar-refractivity contribution in [2.45, 2.75) is 97.8 Å². The summed E-state index contributed by atoms with van der Waals surface area (Å²) in [7, 11) is 1.66. The van der Waals surface area contributed by atoms with Crippen LogP contribution in [0.1, 0.15) is 82.9 Å². The summed E-state index contributed by atoms with van der Waals surface area (Å²) in [5.41, 5.74) is 1.25. The molecule has 9 nitrogen and oxygen atoms in total. The molecule has 0 bridgehead atoms. The molecule has 0 spiro atoms. The Bertz CT molecular complexity index is 1720. The van der Waals surface area contributed by atoms with E-state index in [1.165, 1.54) is 22.8 Å². The molecule has 48 heavy (non-hydrogen) atoms. The van der Waals surface area contributed by atoms with Gasteiger partial charge in [-0.15, -0.1) is 0 Å². The number of rotatable bonds is 11. The topological polar surface area (TPSA) is 107 Å². The zero-order chi connectivity index (χ0) is 35.0. The number of aromatic nitrogens is 1. The van der Waals surface area contributed by atoms with Crippen molar-refractivity contribution in [1.29, 1.82) is 0 Å². The summed E-state index contributed by atoms with van der Waals surface area (Å²) in [6.07, 6.45) is 5.58. The Morgan fingerprint density at radius 2 is 1.67 bits per heavy atom. The number of hydrogen-bond donors (Lipinski definition) is 1. The van der Waals surface area contributed by atoms with Crippen LogP contribution >= 0.6 is 0 Å². The van der Waals surface area contributed by atoms with E-state index in [2.05, 4.69) is 0 Å². The van der Waals surface area contributed by atoms with Gasteiger partial charge in [-0.2, -0.15) is 0 Å². The maximum Gasteiger partial charge on any atom is 0.325 e. The highest BCUT2D eigenvalue weighted by atomic mass is 19.1. The van der Waals surface area contributed by atoms with Gasteiger partial charge in [0.05, 0.1) is 18.3 Å². The minimum atomic E-state index is -1.17. The van der Waals surface area contributed by atoms with Gasteiger partial charge in [0, 0.05) is 41.9 Å². The van der Waals surface area contributed by atoms with Crippen molar-refractivity contribution in [2.24, 2.45) is 12.5 Å². The minimum absolute atomic E-state index is 0.000361. The molecule has 1 aromatic heterocycles. The van der Waals surface area contributed by atoms with Gasteiger partial charge in [-0.25, -0.2) is 4.39 Å². The lowest BCUT2D eigenvalue weighted by molar-refractivity contribution is -0.153. The van der Waals surface area contributed by atoms with Crippen molar-refractivity contribution in [3.8, 4) is 28.4 Å². The van der Waals surface area contributed by atoms with Gasteiger partial charge in [-0.1, -0.05) is 13.0 Å². The summed E-state index contributed by atoms with van der Waals surface area (Å²) < 4.78 is 33.8. The van der Waals surface area contributed by atoms with E-state index in [-0.39, 0.29) is 42.6 Å². The van der Waals surface area contributed by atoms with Gasteiger partial charge in [0.15, 0.2) is 0 Å². The van der Waals surface area contributed by atoms with Gasteiger partial charge in [0.1, 0.15) is 29.6 Å². The third-order valence-electron chi connectivity index (χ3n) is 9.56. The highest BCUT2D eigenvalue weighted by Crippen LogP contribution is 2.48. The van der Waals surface area contributed by atoms with Crippen LogP contribution in [0.3, 0.4) is 0 Å². The predicted octanol–water partition coefficient (Wildman–Crippen LogP) is 6.71. The number of benzene rings is 2. The molecule has 2 fully saturated rings. The van der Waals surface area contributed by atoms with Crippen LogP contribution < -0.4 is 15.0 Å². The first-order valence-corrected chi connectivity index (χ1v) is 16.8. The summed E-state index contributed by atoms with van der Waals surface area (Å²) in [5.74, 6) is 0.580. The van der Waals surface area contributed by atoms with Gasteiger partial charge in [-0.05, 0) is 114 Å². The fraction of sp³-hybridized carbons (Fsp3) is 0.500. The van der Waals surface area contributed by atoms with Crippen molar-refractivity contribution < 1.29 is 33.3 Å². The second-order valence-electron chi connectivity index (χ2n) is 14.1. The maximum atomic E-state index is 14.1. The van der Waals surface area contributed by atoms with Crippen LogP contribution in [0.15, 0.2) is 47.4 Å². The third kappa shape index (κ3) is 7.75. The number of amides is 1. The Morgan fingerprint density at radius 3 is 2.25 bits per heavy atom. The van der Waals surface area contributed by atoms with E-state index in [9.17, 15) is 23.9 Å². The standard InChI is InChI=1S/C38H47FN2O7/c1-8-46-34(43)22-41(36(44)38(6)15-16-38)27-10-12-28(13-11-27)47-32-20-33(42)40(7)21-30(32)29-19-25(37(4,5)45)9-14-31(29)48-35-23(2)17-26(39)18-24(35)3/h9,14,17-21,27-28,45H,8,10-13,15-16,22H2,1-7H3/t27-,28-. The van der Waals surface area contributed by atoms with Crippen molar-refractivity contribution in [2.75, 3.05) is 13.2 Å². The third-order valence-corrected chi connectivity index (χ3v) is 9.56. The number of carbonyl (C=O) groups excluding carboxylic acids is 2. The second kappa shape index (κ2) is 13.7. The molecule has 0 saturated heterocycles. The molecule has 2 aliphatic rings. The molecule has 0 radical (unpaired) electrons.